The smallest absolute Gasteiger partial charge is 0.146 e. The highest BCUT2D eigenvalue weighted by atomic mass is 15.2. The predicted octanol–water partition coefficient (Wildman–Crippen LogP) is 3.43. The van der Waals surface area contributed by atoms with E-state index in [0.29, 0.717) is 23.1 Å². The van der Waals surface area contributed by atoms with Gasteiger partial charge in [-0.2, -0.15) is 5.26 Å². The second-order valence-corrected chi connectivity index (χ2v) is 6.10. The van der Waals surface area contributed by atoms with Crippen LogP contribution in [0, 0.1) is 23.2 Å². The van der Waals surface area contributed by atoms with Gasteiger partial charge in [-0.15, -0.1) is 0 Å². The Balaban J connectivity index is 2.93. The third kappa shape index (κ3) is 5.08. The normalized spacial score (nSPS) is 10.8. The zero-order chi connectivity index (χ0) is 15.1. The first-order valence-corrected chi connectivity index (χ1v) is 7.34. The van der Waals surface area contributed by atoms with Gasteiger partial charge in [-0.3, -0.25) is 0 Å². The van der Waals surface area contributed by atoms with Gasteiger partial charge in [0, 0.05) is 13.1 Å². The minimum absolute atomic E-state index is 0.540. The molecule has 0 spiro atoms. The van der Waals surface area contributed by atoms with Gasteiger partial charge in [-0.05, 0) is 30.7 Å². The fourth-order valence-electron chi connectivity index (χ4n) is 1.96. The fraction of sp³-hybridized carbons (Fsp3) is 0.625. The van der Waals surface area contributed by atoms with E-state index in [0.717, 1.165) is 31.7 Å². The quantitative estimate of drug-likeness (QED) is 0.827. The van der Waals surface area contributed by atoms with Crippen molar-refractivity contribution in [3.8, 4) is 6.07 Å². The van der Waals surface area contributed by atoms with Crippen molar-refractivity contribution in [2.24, 2.45) is 11.8 Å². The van der Waals surface area contributed by atoms with E-state index in [4.69, 9.17) is 5.73 Å². The molecule has 1 aromatic heterocycles. The summed E-state index contributed by atoms with van der Waals surface area (Å²) in [4.78, 5) is 6.60. The molecule has 1 rings (SSSR count). The summed E-state index contributed by atoms with van der Waals surface area (Å²) >= 11 is 0. The van der Waals surface area contributed by atoms with Gasteiger partial charge >= 0.3 is 0 Å². The summed E-state index contributed by atoms with van der Waals surface area (Å²) in [6.45, 7) is 10.7. The number of nitriles is 1. The number of anilines is 2. The van der Waals surface area contributed by atoms with Crippen LogP contribution >= 0.6 is 0 Å². The third-order valence-electron chi connectivity index (χ3n) is 3.26. The van der Waals surface area contributed by atoms with Gasteiger partial charge in [0.25, 0.3) is 0 Å². The molecule has 20 heavy (non-hydrogen) atoms. The van der Waals surface area contributed by atoms with E-state index in [1.54, 1.807) is 12.3 Å². The SMILES string of the molecule is CC(C)CCN(CCC(C)C)c1ncc(N)cc1C#N. The van der Waals surface area contributed by atoms with Crippen LogP contribution in [0.15, 0.2) is 12.3 Å². The number of hydrogen-bond donors (Lipinski definition) is 1. The monoisotopic (exact) mass is 274 g/mol. The van der Waals surface area contributed by atoms with Crippen LogP contribution in [-0.4, -0.2) is 18.1 Å². The van der Waals surface area contributed by atoms with Crippen molar-refractivity contribution in [3.05, 3.63) is 17.8 Å². The van der Waals surface area contributed by atoms with Crippen LogP contribution < -0.4 is 10.6 Å². The lowest BCUT2D eigenvalue weighted by Gasteiger charge is -2.26. The number of nitrogen functional groups attached to an aromatic ring is 1. The minimum Gasteiger partial charge on any atom is -0.397 e. The third-order valence-corrected chi connectivity index (χ3v) is 3.26. The highest BCUT2D eigenvalue weighted by Crippen LogP contribution is 2.21. The van der Waals surface area contributed by atoms with Crippen LogP contribution in [-0.2, 0) is 0 Å². The van der Waals surface area contributed by atoms with E-state index in [1.807, 2.05) is 0 Å². The first-order chi connectivity index (χ1) is 9.43. The van der Waals surface area contributed by atoms with Crippen LogP contribution in [0.5, 0.6) is 0 Å². The lowest BCUT2D eigenvalue weighted by atomic mass is 10.1. The Morgan fingerprint density at radius 3 is 2.20 bits per heavy atom. The zero-order valence-electron chi connectivity index (χ0n) is 13.1. The van der Waals surface area contributed by atoms with E-state index < -0.39 is 0 Å². The minimum atomic E-state index is 0.540. The first-order valence-electron chi connectivity index (χ1n) is 7.34. The Labute approximate surface area is 122 Å². The molecule has 0 atom stereocenters. The molecule has 1 heterocycles. The Kier molecular flexibility index (Phi) is 6.30. The lowest BCUT2D eigenvalue weighted by molar-refractivity contribution is 0.533. The van der Waals surface area contributed by atoms with E-state index in [1.165, 1.54) is 0 Å². The Morgan fingerprint density at radius 1 is 1.20 bits per heavy atom. The van der Waals surface area contributed by atoms with Crippen LogP contribution in [0.2, 0.25) is 0 Å². The molecule has 110 valence electrons. The first kappa shape index (κ1) is 16.3. The van der Waals surface area contributed by atoms with Gasteiger partial charge < -0.3 is 10.6 Å². The van der Waals surface area contributed by atoms with Crippen molar-refractivity contribution in [1.82, 2.24) is 4.98 Å². The topological polar surface area (TPSA) is 65.9 Å². The summed E-state index contributed by atoms with van der Waals surface area (Å²) in [7, 11) is 0. The molecule has 1 aromatic rings. The van der Waals surface area contributed by atoms with Gasteiger partial charge in [0.05, 0.1) is 17.4 Å². The summed E-state index contributed by atoms with van der Waals surface area (Å²) < 4.78 is 0. The average molecular weight is 274 g/mol. The molecule has 2 N–H and O–H groups in total. The molecule has 0 radical (unpaired) electrons. The number of hydrogen-bond acceptors (Lipinski definition) is 4. The van der Waals surface area contributed by atoms with Gasteiger partial charge in [-0.25, -0.2) is 4.98 Å². The molecule has 4 nitrogen and oxygen atoms in total. The van der Waals surface area contributed by atoms with Crippen molar-refractivity contribution >= 4 is 11.5 Å². The van der Waals surface area contributed by atoms with E-state index in [2.05, 4.69) is 43.6 Å². The molecule has 0 aliphatic rings. The molecule has 0 bridgehead atoms. The summed E-state index contributed by atoms with van der Waals surface area (Å²) in [5.41, 5.74) is 6.82. The molecule has 0 amide bonds. The van der Waals surface area contributed by atoms with Crippen molar-refractivity contribution in [2.75, 3.05) is 23.7 Å². The maximum atomic E-state index is 9.27. The summed E-state index contributed by atoms with van der Waals surface area (Å²) in [5.74, 6) is 2.04. The average Bonchev–Trinajstić information content (AvgIpc) is 2.38. The van der Waals surface area contributed by atoms with Gasteiger partial charge in [0.2, 0.25) is 0 Å². The van der Waals surface area contributed by atoms with Crippen LogP contribution in [0.1, 0.15) is 46.1 Å². The molecule has 4 heteroatoms. The molecule has 0 fully saturated rings. The van der Waals surface area contributed by atoms with Gasteiger partial charge in [0.15, 0.2) is 0 Å². The Bertz CT molecular complexity index is 448. The Morgan fingerprint density at radius 2 is 1.75 bits per heavy atom. The van der Waals surface area contributed by atoms with Crippen molar-refractivity contribution in [2.45, 2.75) is 40.5 Å². The Hall–Kier alpha value is -1.76. The second kappa shape index (κ2) is 7.74. The van der Waals surface area contributed by atoms with Crippen LogP contribution in [0.4, 0.5) is 11.5 Å². The maximum absolute atomic E-state index is 9.27. The molecule has 0 aliphatic heterocycles. The number of nitrogens with two attached hydrogens (primary N) is 1. The maximum Gasteiger partial charge on any atom is 0.146 e. The molecular formula is C16H26N4. The largest absolute Gasteiger partial charge is 0.397 e. The van der Waals surface area contributed by atoms with Crippen molar-refractivity contribution in [3.63, 3.8) is 0 Å². The zero-order valence-corrected chi connectivity index (χ0v) is 13.1. The highest BCUT2D eigenvalue weighted by molar-refractivity contribution is 5.58. The molecule has 0 unspecified atom stereocenters. The summed E-state index contributed by atoms with van der Waals surface area (Å²) in [6, 6.07) is 3.92. The summed E-state index contributed by atoms with van der Waals surface area (Å²) in [5, 5.41) is 9.27. The highest BCUT2D eigenvalue weighted by Gasteiger charge is 2.14. The number of nitrogens with zero attached hydrogens (tertiary/aromatic N) is 3. The van der Waals surface area contributed by atoms with Crippen LogP contribution in [0.3, 0.4) is 0 Å². The van der Waals surface area contributed by atoms with E-state index in [9.17, 15) is 5.26 Å². The van der Waals surface area contributed by atoms with Gasteiger partial charge in [-0.1, -0.05) is 27.7 Å². The molecule has 0 aliphatic carbocycles. The van der Waals surface area contributed by atoms with E-state index >= 15 is 0 Å². The standard InChI is InChI=1S/C16H26N4/c1-12(2)5-7-20(8-6-13(3)4)16-14(10-17)9-15(18)11-19-16/h9,11-13H,5-8,18H2,1-4H3. The van der Waals surface area contributed by atoms with Gasteiger partial charge in [0.1, 0.15) is 11.9 Å². The van der Waals surface area contributed by atoms with Crippen LogP contribution in [0.25, 0.3) is 0 Å². The molecule has 0 saturated carbocycles. The predicted molar refractivity (Wildman–Crippen MR) is 84.5 cm³/mol. The molecular weight excluding hydrogens is 248 g/mol. The molecule has 0 saturated heterocycles. The fourth-order valence-corrected chi connectivity index (χ4v) is 1.96. The molecule has 0 aromatic carbocycles. The lowest BCUT2D eigenvalue weighted by Crippen LogP contribution is -2.29. The van der Waals surface area contributed by atoms with E-state index in [-0.39, 0.29) is 0 Å². The number of aromatic nitrogens is 1. The van der Waals surface area contributed by atoms with Crippen molar-refractivity contribution < 1.29 is 0 Å². The number of rotatable bonds is 7. The number of pyridine rings is 1. The second-order valence-electron chi connectivity index (χ2n) is 6.10. The van der Waals surface area contributed by atoms with Crippen molar-refractivity contribution in [1.29, 1.82) is 5.26 Å². The summed E-state index contributed by atoms with van der Waals surface area (Å²) in [6.07, 6.45) is 3.82.